The number of anilines is 3. The molecule has 4 atom stereocenters. The summed E-state index contributed by atoms with van der Waals surface area (Å²) in [7, 11) is -3.32. The molecule has 0 aliphatic carbocycles. The zero-order valence-corrected chi connectivity index (χ0v) is 27.0. The van der Waals surface area contributed by atoms with Crippen molar-refractivity contribution < 1.29 is 28.3 Å². The van der Waals surface area contributed by atoms with Crippen LogP contribution in [0.3, 0.4) is 0 Å². The molecule has 3 heterocycles. The Morgan fingerprint density at radius 1 is 1.12 bits per heavy atom. The molecule has 1 N–H and O–H groups in total. The van der Waals surface area contributed by atoms with Gasteiger partial charge in [0.1, 0.15) is 5.75 Å². The molecule has 1 spiro atoms. The Balaban J connectivity index is 1.61. The van der Waals surface area contributed by atoms with Crippen LogP contribution in [-0.4, -0.2) is 51.2 Å². The first-order valence-electron chi connectivity index (χ1n) is 15.2. The molecule has 0 radical (unpaired) electrons. The van der Waals surface area contributed by atoms with E-state index >= 15 is 4.11 Å². The molecule has 0 bridgehead atoms. The average Bonchev–Trinajstić information content (AvgIpc) is 3.37. The van der Waals surface area contributed by atoms with Crippen LogP contribution in [0.2, 0.25) is 18.6 Å². The molecule has 7 nitrogen and oxygen atoms in total. The van der Waals surface area contributed by atoms with Crippen LogP contribution in [0.4, 0.5) is 21.2 Å². The van der Waals surface area contributed by atoms with E-state index in [1.165, 1.54) is 11.1 Å². The van der Waals surface area contributed by atoms with Crippen molar-refractivity contribution in [2.24, 2.45) is 5.92 Å². The Kier molecular flexibility index (Phi) is 8.71. The van der Waals surface area contributed by atoms with Crippen molar-refractivity contribution in [2.45, 2.75) is 77.3 Å². The van der Waals surface area contributed by atoms with Crippen molar-refractivity contribution in [3.63, 3.8) is 0 Å². The monoisotopic (exact) mass is 606 g/mol. The molecule has 2 amide bonds. The molecule has 0 unspecified atom stereocenters. The Hall–Kier alpha value is -3.27. The Bertz CT molecular complexity index is 1460. The van der Waals surface area contributed by atoms with E-state index in [0.717, 1.165) is 12.8 Å². The minimum Gasteiger partial charge on any atom is -0.482 e. The number of hydrogen-bond donors (Lipinski definition) is 1. The standard InChI is InChI=1S/C34H43FN2O5Si/c1-22(2)10-9-11-23(3)16-18-36-27-15-14-25(37-28-12-7-8-13-29(28)41-21-31(37)39)20-26(27)34(33(36)40)24(4)32(43(5,6)35)30(42-34)17-19-38/h7-8,10,12-16,20,24,30,32,38H,9,11,17-19,21H2,1-6H3/b23-16+/t24-,30+,32-,34+/m0/s1. The second kappa shape index (κ2) is 12.0. The minimum absolute atomic E-state index is 0.101. The Morgan fingerprint density at radius 3 is 2.56 bits per heavy atom. The maximum Gasteiger partial charge on any atom is 0.269 e. The van der Waals surface area contributed by atoms with Crippen molar-refractivity contribution in [1.82, 2.24) is 0 Å². The van der Waals surface area contributed by atoms with Crippen LogP contribution in [0.1, 0.15) is 52.5 Å². The van der Waals surface area contributed by atoms with Gasteiger partial charge in [-0.25, -0.2) is 0 Å². The van der Waals surface area contributed by atoms with Gasteiger partial charge >= 0.3 is 0 Å². The molecule has 5 rings (SSSR count). The van der Waals surface area contributed by atoms with E-state index in [4.69, 9.17) is 9.47 Å². The van der Waals surface area contributed by atoms with Gasteiger partial charge in [0.2, 0.25) is 8.41 Å². The second-order valence-electron chi connectivity index (χ2n) is 12.8. The number of rotatable bonds is 9. The number of carbonyl (C=O) groups excluding carboxylic acids is 2. The van der Waals surface area contributed by atoms with Gasteiger partial charge in [-0.05, 0) is 83.5 Å². The van der Waals surface area contributed by atoms with Gasteiger partial charge in [-0.2, -0.15) is 0 Å². The number of carbonyl (C=O) groups is 2. The van der Waals surface area contributed by atoms with Crippen LogP contribution >= 0.6 is 0 Å². The fraction of sp³-hybridized carbons (Fsp3) is 0.471. The van der Waals surface area contributed by atoms with Gasteiger partial charge in [-0.3, -0.25) is 14.5 Å². The van der Waals surface area contributed by atoms with Crippen LogP contribution in [0, 0.1) is 5.92 Å². The molecule has 2 aromatic rings. The maximum absolute atomic E-state index is 15.9. The number of aliphatic hydroxyl groups is 1. The molecule has 0 aromatic heterocycles. The molecule has 9 heteroatoms. The number of nitrogens with zero attached hydrogens (tertiary/aromatic N) is 2. The van der Waals surface area contributed by atoms with Gasteiger partial charge in [0, 0.05) is 35.9 Å². The van der Waals surface area contributed by atoms with Crippen molar-refractivity contribution in [1.29, 1.82) is 0 Å². The first-order valence-corrected chi connectivity index (χ1v) is 18.1. The minimum atomic E-state index is -3.32. The number of allylic oxidation sites excluding steroid dienone is 3. The van der Waals surface area contributed by atoms with E-state index in [2.05, 4.69) is 32.9 Å². The summed E-state index contributed by atoms with van der Waals surface area (Å²) in [4.78, 5) is 31.1. The van der Waals surface area contributed by atoms with Crippen molar-refractivity contribution in [3.05, 3.63) is 71.3 Å². The Labute approximate surface area is 255 Å². The lowest BCUT2D eigenvalue weighted by molar-refractivity contribution is -0.146. The number of para-hydroxylation sites is 2. The maximum atomic E-state index is 15.9. The molecule has 1 saturated heterocycles. The fourth-order valence-electron chi connectivity index (χ4n) is 7.08. The summed E-state index contributed by atoms with van der Waals surface area (Å²) in [6.45, 7) is 11.5. The first kappa shape index (κ1) is 31.2. The van der Waals surface area contributed by atoms with Gasteiger partial charge < -0.3 is 23.6 Å². The first-order chi connectivity index (χ1) is 20.4. The third-order valence-electron chi connectivity index (χ3n) is 9.04. The highest BCUT2D eigenvalue weighted by Crippen LogP contribution is 2.60. The summed E-state index contributed by atoms with van der Waals surface area (Å²) in [6, 6.07) is 12.9. The Morgan fingerprint density at radius 2 is 1.86 bits per heavy atom. The van der Waals surface area contributed by atoms with Crippen LogP contribution in [0.5, 0.6) is 5.75 Å². The lowest BCUT2D eigenvalue weighted by atomic mass is 9.82. The molecule has 3 aliphatic heterocycles. The average molecular weight is 607 g/mol. The largest absolute Gasteiger partial charge is 0.482 e. The van der Waals surface area contributed by atoms with Crippen molar-refractivity contribution in [2.75, 3.05) is 29.6 Å². The molecule has 1 fully saturated rings. The number of amides is 2. The molecular weight excluding hydrogens is 563 g/mol. The smallest absolute Gasteiger partial charge is 0.269 e. The van der Waals surface area contributed by atoms with Crippen LogP contribution in [0.25, 0.3) is 0 Å². The lowest BCUT2D eigenvalue weighted by Crippen LogP contribution is -2.45. The van der Waals surface area contributed by atoms with Gasteiger partial charge in [0.15, 0.2) is 12.2 Å². The molecular formula is C34H43FN2O5Si. The third-order valence-corrected chi connectivity index (χ3v) is 11.5. The van der Waals surface area contributed by atoms with E-state index in [1.54, 1.807) is 22.9 Å². The van der Waals surface area contributed by atoms with E-state index < -0.39 is 31.6 Å². The quantitative estimate of drug-likeness (QED) is 0.190. The lowest BCUT2D eigenvalue weighted by Gasteiger charge is -2.32. The topological polar surface area (TPSA) is 79.3 Å². The normalized spacial score (nSPS) is 25.2. The number of benzene rings is 2. The van der Waals surface area contributed by atoms with Gasteiger partial charge in [-0.1, -0.05) is 42.4 Å². The van der Waals surface area contributed by atoms with Gasteiger partial charge in [0.05, 0.1) is 17.5 Å². The highest BCUT2D eigenvalue weighted by Gasteiger charge is 2.66. The van der Waals surface area contributed by atoms with Crippen molar-refractivity contribution in [3.8, 4) is 5.75 Å². The summed E-state index contributed by atoms with van der Waals surface area (Å²) in [6.07, 6.45) is 5.74. The highest BCUT2D eigenvalue weighted by atomic mass is 28.4. The number of aliphatic hydroxyl groups excluding tert-OH is 1. The van der Waals surface area contributed by atoms with E-state index in [9.17, 15) is 14.7 Å². The molecule has 43 heavy (non-hydrogen) atoms. The van der Waals surface area contributed by atoms with Crippen LogP contribution in [-0.2, 0) is 19.9 Å². The highest BCUT2D eigenvalue weighted by molar-refractivity contribution is 6.72. The van der Waals surface area contributed by atoms with Gasteiger partial charge in [-0.15, -0.1) is 0 Å². The number of hydrogen-bond acceptors (Lipinski definition) is 5. The summed E-state index contributed by atoms with van der Waals surface area (Å²) < 4.78 is 28.3. The third kappa shape index (κ3) is 5.58. The zero-order valence-electron chi connectivity index (χ0n) is 26.0. The summed E-state index contributed by atoms with van der Waals surface area (Å²) >= 11 is 0. The summed E-state index contributed by atoms with van der Waals surface area (Å²) in [5.74, 6) is -0.324. The van der Waals surface area contributed by atoms with E-state index in [1.807, 2.05) is 49.4 Å². The number of ether oxygens (including phenoxy) is 2. The van der Waals surface area contributed by atoms with Crippen molar-refractivity contribution >= 4 is 37.3 Å². The second-order valence-corrected chi connectivity index (χ2v) is 16.6. The molecule has 3 aliphatic rings. The molecule has 230 valence electrons. The van der Waals surface area contributed by atoms with E-state index in [-0.39, 0.29) is 31.4 Å². The van der Waals surface area contributed by atoms with Crippen LogP contribution < -0.4 is 14.5 Å². The number of halogens is 1. The molecule has 2 aromatic carbocycles. The molecule has 0 saturated carbocycles. The van der Waals surface area contributed by atoms with Gasteiger partial charge in [0.25, 0.3) is 11.8 Å². The fourth-order valence-corrected chi connectivity index (χ4v) is 9.62. The van der Waals surface area contributed by atoms with Crippen LogP contribution in [0.15, 0.2) is 65.8 Å². The predicted molar refractivity (Wildman–Crippen MR) is 170 cm³/mol. The summed E-state index contributed by atoms with van der Waals surface area (Å²) in [5.41, 5.74) is 3.08. The number of fused-ring (bicyclic) bond motifs is 3. The SMILES string of the molecule is CC(C)=CCC/C(C)=C/CN1C(=O)[C@]2(O[C@H](CCO)[C@@H]([Si](C)(C)F)[C@@H]2C)c2cc(N3C(=O)COc4ccccc43)ccc21. The van der Waals surface area contributed by atoms with E-state index in [0.29, 0.717) is 34.9 Å². The summed E-state index contributed by atoms with van der Waals surface area (Å²) in [5, 5.41) is 9.88. The zero-order chi connectivity index (χ0) is 31.1. The predicted octanol–water partition coefficient (Wildman–Crippen LogP) is 6.94.